The van der Waals surface area contributed by atoms with E-state index in [1.807, 2.05) is 31.2 Å². The summed E-state index contributed by atoms with van der Waals surface area (Å²) in [4.78, 5) is 28.8. The molecule has 2 bridgehead atoms. The number of hydrogen-bond acceptors (Lipinski definition) is 3. The zero-order valence-electron chi connectivity index (χ0n) is 15.9. The van der Waals surface area contributed by atoms with Gasteiger partial charge in [-0.3, -0.25) is 9.59 Å². The number of nitrogens with zero attached hydrogens (tertiary/aromatic N) is 1. The highest BCUT2D eigenvalue weighted by Gasteiger charge is 2.68. The number of imide groups is 1. The van der Waals surface area contributed by atoms with Crippen LogP contribution in [0, 0.1) is 11.3 Å². The SMILES string of the molecule is CC12C(=O)N(c3ccc(O)cc3)C(=O)C1C1c3ccccc3C2c2ccccc21. The van der Waals surface area contributed by atoms with Crippen LogP contribution in [0.25, 0.3) is 0 Å². The normalized spacial score (nSPS) is 28.9. The number of carbonyl (C=O) groups excluding carboxylic acids is 2. The first-order valence-corrected chi connectivity index (χ1v) is 9.88. The molecule has 142 valence electrons. The topological polar surface area (TPSA) is 57.6 Å². The molecule has 2 amide bonds. The first kappa shape index (κ1) is 16.5. The molecule has 1 saturated heterocycles. The second kappa shape index (κ2) is 5.35. The molecule has 3 aromatic rings. The molecule has 3 aliphatic carbocycles. The van der Waals surface area contributed by atoms with Crippen molar-refractivity contribution < 1.29 is 14.7 Å². The summed E-state index contributed by atoms with van der Waals surface area (Å²) in [6, 6.07) is 22.7. The minimum absolute atomic E-state index is 0.108. The van der Waals surface area contributed by atoms with E-state index in [1.165, 1.54) is 17.0 Å². The number of anilines is 1. The van der Waals surface area contributed by atoms with Crippen LogP contribution >= 0.6 is 0 Å². The van der Waals surface area contributed by atoms with Crippen LogP contribution in [0.2, 0.25) is 0 Å². The fourth-order valence-electron chi connectivity index (χ4n) is 5.96. The maximum atomic E-state index is 13.8. The second-order valence-corrected chi connectivity index (χ2v) is 8.42. The monoisotopic (exact) mass is 381 g/mol. The van der Waals surface area contributed by atoms with Gasteiger partial charge in [-0.15, -0.1) is 0 Å². The van der Waals surface area contributed by atoms with E-state index in [1.54, 1.807) is 12.1 Å². The summed E-state index contributed by atoms with van der Waals surface area (Å²) >= 11 is 0. The maximum absolute atomic E-state index is 13.8. The number of hydrogen-bond donors (Lipinski definition) is 1. The van der Waals surface area contributed by atoms with Gasteiger partial charge in [-0.25, -0.2) is 4.90 Å². The van der Waals surface area contributed by atoms with Gasteiger partial charge in [0.25, 0.3) is 0 Å². The van der Waals surface area contributed by atoms with Crippen LogP contribution in [0.4, 0.5) is 5.69 Å². The van der Waals surface area contributed by atoms with E-state index in [4.69, 9.17) is 0 Å². The average Bonchev–Trinajstić information content (AvgIpc) is 2.95. The molecule has 0 saturated carbocycles. The third-order valence-corrected chi connectivity index (χ3v) is 7.12. The summed E-state index contributed by atoms with van der Waals surface area (Å²) in [6.45, 7) is 1.96. The molecule has 0 radical (unpaired) electrons. The molecule has 2 atom stereocenters. The predicted molar refractivity (Wildman–Crippen MR) is 109 cm³/mol. The summed E-state index contributed by atoms with van der Waals surface area (Å²) in [5, 5.41) is 9.63. The van der Waals surface area contributed by atoms with Crippen LogP contribution in [0.3, 0.4) is 0 Å². The Kier molecular flexibility index (Phi) is 3.05. The van der Waals surface area contributed by atoms with E-state index in [2.05, 4.69) is 24.3 Å². The van der Waals surface area contributed by atoms with Gasteiger partial charge in [-0.05, 0) is 53.4 Å². The lowest BCUT2D eigenvalue weighted by Crippen LogP contribution is -2.49. The molecule has 1 aliphatic heterocycles. The second-order valence-electron chi connectivity index (χ2n) is 8.42. The Morgan fingerprint density at radius 2 is 1.31 bits per heavy atom. The lowest BCUT2D eigenvalue weighted by Gasteiger charge is -2.51. The highest BCUT2D eigenvalue weighted by Crippen LogP contribution is 2.67. The molecular formula is C25H19NO3. The highest BCUT2D eigenvalue weighted by atomic mass is 16.3. The van der Waals surface area contributed by atoms with Gasteiger partial charge in [0.1, 0.15) is 5.75 Å². The molecule has 3 aromatic carbocycles. The number of amides is 2. The number of phenols is 1. The Morgan fingerprint density at radius 3 is 1.86 bits per heavy atom. The summed E-state index contributed by atoms with van der Waals surface area (Å²) in [5.41, 5.74) is 4.32. The summed E-state index contributed by atoms with van der Waals surface area (Å²) < 4.78 is 0. The molecule has 0 aromatic heterocycles. The van der Waals surface area contributed by atoms with Gasteiger partial charge in [0.15, 0.2) is 0 Å². The average molecular weight is 381 g/mol. The third kappa shape index (κ3) is 1.84. The molecule has 4 nitrogen and oxygen atoms in total. The maximum Gasteiger partial charge on any atom is 0.241 e. The Bertz CT molecular complexity index is 1150. The number of benzene rings is 3. The third-order valence-electron chi connectivity index (χ3n) is 7.12. The number of carbonyl (C=O) groups is 2. The van der Waals surface area contributed by atoms with Gasteiger partial charge in [-0.2, -0.15) is 0 Å². The molecular weight excluding hydrogens is 362 g/mol. The molecule has 2 unspecified atom stereocenters. The van der Waals surface area contributed by atoms with Crippen LogP contribution in [-0.4, -0.2) is 16.9 Å². The molecule has 7 rings (SSSR count). The van der Waals surface area contributed by atoms with Gasteiger partial charge in [0, 0.05) is 11.8 Å². The van der Waals surface area contributed by atoms with Gasteiger partial charge >= 0.3 is 0 Å². The molecule has 4 heteroatoms. The van der Waals surface area contributed by atoms with E-state index in [9.17, 15) is 14.7 Å². The zero-order chi connectivity index (χ0) is 19.9. The smallest absolute Gasteiger partial charge is 0.241 e. The number of rotatable bonds is 1. The minimum Gasteiger partial charge on any atom is -0.508 e. The van der Waals surface area contributed by atoms with E-state index in [0.717, 1.165) is 22.3 Å². The van der Waals surface area contributed by atoms with Crippen LogP contribution in [0.1, 0.15) is 41.0 Å². The van der Waals surface area contributed by atoms with E-state index >= 15 is 0 Å². The Morgan fingerprint density at radius 1 is 0.793 bits per heavy atom. The van der Waals surface area contributed by atoms with Gasteiger partial charge in [-0.1, -0.05) is 48.5 Å². The Hall–Kier alpha value is -3.40. The zero-order valence-corrected chi connectivity index (χ0v) is 15.9. The summed E-state index contributed by atoms with van der Waals surface area (Å²) in [6.07, 6.45) is 0. The molecule has 29 heavy (non-hydrogen) atoms. The van der Waals surface area contributed by atoms with Gasteiger partial charge in [0.05, 0.1) is 17.0 Å². The van der Waals surface area contributed by atoms with Crippen LogP contribution < -0.4 is 4.90 Å². The van der Waals surface area contributed by atoms with E-state index < -0.39 is 11.3 Å². The quantitative estimate of drug-likeness (QED) is 0.644. The van der Waals surface area contributed by atoms with Crippen LogP contribution in [0.5, 0.6) is 5.75 Å². The minimum atomic E-state index is -0.831. The van der Waals surface area contributed by atoms with Crippen molar-refractivity contribution in [3.63, 3.8) is 0 Å². The van der Waals surface area contributed by atoms with Crippen LogP contribution in [-0.2, 0) is 9.59 Å². The van der Waals surface area contributed by atoms with Crippen molar-refractivity contribution in [1.29, 1.82) is 0 Å². The fourth-order valence-corrected chi connectivity index (χ4v) is 5.96. The first-order valence-electron chi connectivity index (χ1n) is 9.88. The van der Waals surface area contributed by atoms with Crippen molar-refractivity contribution in [3.05, 3.63) is 95.1 Å². The lowest BCUT2D eigenvalue weighted by atomic mass is 9.48. The Labute approximate surface area is 168 Å². The Balaban J connectivity index is 1.61. The lowest BCUT2D eigenvalue weighted by molar-refractivity contribution is -0.128. The molecule has 1 heterocycles. The molecule has 1 N–H and O–H groups in total. The standard InChI is InChI=1S/C25H19NO3/c1-25-21-18-8-4-2-6-16(18)20(17-7-3-5-9-19(17)21)22(25)23(28)26(24(25)29)14-10-12-15(27)13-11-14/h2-13,20-22,27H,1H3. The molecule has 0 spiro atoms. The highest BCUT2D eigenvalue weighted by molar-refractivity contribution is 6.25. The van der Waals surface area contributed by atoms with Crippen molar-refractivity contribution in [1.82, 2.24) is 0 Å². The number of aromatic hydroxyl groups is 1. The van der Waals surface area contributed by atoms with Crippen molar-refractivity contribution in [3.8, 4) is 5.75 Å². The van der Waals surface area contributed by atoms with Gasteiger partial charge in [0.2, 0.25) is 11.8 Å². The van der Waals surface area contributed by atoms with Crippen molar-refractivity contribution in [2.45, 2.75) is 18.8 Å². The summed E-state index contributed by atoms with van der Waals surface area (Å²) in [7, 11) is 0. The van der Waals surface area contributed by atoms with Crippen molar-refractivity contribution in [2.24, 2.45) is 11.3 Å². The largest absolute Gasteiger partial charge is 0.508 e. The number of phenolic OH excluding ortho intramolecular Hbond substituents is 1. The van der Waals surface area contributed by atoms with Crippen LogP contribution in [0.15, 0.2) is 72.8 Å². The fraction of sp³-hybridized carbons (Fsp3) is 0.200. The van der Waals surface area contributed by atoms with E-state index in [0.29, 0.717) is 5.69 Å². The molecule has 1 fully saturated rings. The summed E-state index contributed by atoms with van der Waals surface area (Å²) in [5.74, 6) is -0.909. The van der Waals surface area contributed by atoms with E-state index in [-0.39, 0.29) is 29.4 Å². The molecule has 4 aliphatic rings. The predicted octanol–water partition coefficient (Wildman–Crippen LogP) is 4.18. The first-order chi connectivity index (χ1) is 14.0. The van der Waals surface area contributed by atoms with Crippen molar-refractivity contribution >= 4 is 17.5 Å². The van der Waals surface area contributed by atoms with Gasteiger partial charge < -0.3 is 5.11 Å². The van der Waals surface area contributed by atoms with Crippen molar-refractivity contribution in [2.75, 3.05) is 4.90 Å².